The SMILES string of the molecule is O=C1c2ccccc2C(=O)N1CCc1ccc2ccccc2n1. The normalized spacial score (nSPS) is 13.7. The van der Waals surface area contributed by atoms with Gasteiger partial charge in [-0.25, -0.2) is 0 Å². The molecule has 0 radical (unpaired) electrons. The molecule has 23 heavy (non-hydrogen) atoms. The summed E-state index contributed by atoms with van der Waals surface area (Å²) in [6.45, 7) is 0.345. The van der Waals surface area contributed by atoms with Crippen molar-refractivity contribution in [2.75, 3.05) is 6.54 Å². The van der Waals surface area contributed by atoms with Crippen LogP contribution in [0.2, 0.25) is 0 Å². The average molecular weight is 302 g/mol. The minimum Gasteiger partial charge on any atom is -0.274 e. The zero-order valence-corrected chi connectivity index (χ0v) is 12.4. The van der Waals surface area contributed by atoms with Gasteiger partial charge < -0.3 is 0 Å². The number of nitrogens with zero attached hydrogens (tertiary/aromatic N) is 2. The lowest BCUT2D eigenvalue weighted by Crippen LogP contribution is -2.31. The van der Waals surface area contributed by atoms with Gasteiger partial charge in [0.1, 0.15) is 0 Å². The maximum absolute atomic E-state index is 12.3. The van der Waals surface area contributed by atoms with E-state index in [2.05, 4.69) is 4.98 Å². The summed E-state index contributed by atoms with van der Waals surface area (Å²) in [5.41, 5.74) is 2.78. The third-order valence-corrected chi connectivity index (χ3v) is 4.13. The summed E-state index contributed by atoms with van der Waals surface area (Å²) in [5.74, 6) is -0.433. The summed E-state index contributed by atoms with van der Waals surface area (Å²) in [7, 11) is 0. The van der Waals surface area contributed by atoms with Crippen molar-refractivity contribution in [2.24, 2.45) is 0 Å². The largest absolute Gasteiger partial charge is 0.274 e. The number of hydrogen-bond acceptors (Lipinski definition) is 3. The third kappa shape index (κ3) is 2.28. The van der Waals surface area contributed by atoms with Crippen molar-refractivity contribution in [1.82, 2.24) is 9.88 Å². The molecule has 2 amide bonds. The average Bonchev–Trinajstić information content (AvgIpc) is 2.84. The first-order valence-electron chi connectivity index (χ1n) is 7.54. The van der Waals surface area contributed by atoms with Gasteiger partial charge in [0, 0.05) is 24.0 Å². The van der Waals surface area contributed by atoms with Crippen LogP contribution in [-0.4, -0.2) is 28.2 Å². The van der Waals surface area contributed by atoms with E-state index in [-0.39, 0.29) is 11.8 Å². The lowest BCUT2D eigenvalue weighted by molar-refractivity contribution is 0.0656. The van der Waals surface area contributed by atoms with Gasteiger partial charge in [-0.1, -0.05) is 36.4 Å². The first-order valence-corrected chi connectivity index (χ1v) is 7.54. The molecule has 1 aliphatic heterocycles. The monoisotopic (exact) mass is 302 g/mol. The summed E-state index contributed by atoms with van der Waals surface area (Å²) in [5, 5.41) is 1.08. The van der Waals surface area contributed by atoms with Gasteiger partial charge >= 0.3 is 0 Å². The molecular weight excluding hydrogens is 288 g/mol. The topological polar surface area (TPSA) is 50.3 Å². The third-order valence-electron chi connectivity index (χ3n) is 4.13. The number of fused-ring (bicyclic) bond motifs is 2. The van der Waals surface area contributed by atoms with E-state index in [0.717, 1.165) is 16.6 Å². The van der Waals surface area contributed by atoms with E-state index < -0.39 is 0 Å². The van der Waals surface area contributed by atoms with Crippen molar-refractivity contribution >= 4 is 22.7 Å². The molecule has 4 heteroatoms. The fourth-order valence-electron chi connectivity index (χ4n) is 2.92. The number of aromatic nitrogens is 1. The van der Waals surface area contributed by atoms with Crippen LogP contribution in [0.5, 0.6) is 0 Å². The molecule has 0 bridgehead atoms. The summed E-state index contributed by atoms with van der Waals surface area (Å²) in [6, 6.07) is 18.8. The standard InChI is InChI=1S/C19H14N2O2/c22-18-15-6-2-3-7-16(15)19(23)21(18)12-11-14-10-9-13-5-1-4-8-17(13)20-14/h1-10H,11-12H2. The molecule has 2 aromatic carbocycles. The molecule has 0 aliphatic carbocycles. The first kappa shape index (κ1) is 13.6. The van der Waals surface area contributed by atoms with Crippen LogP contribution in [0.25, 0.3) is 10.9 Å². The fourth-order valence-corrected chi connectivity index (χ4v) is 2.92. The van der Waals surface area contributed by atoms with Crippen molar-refractivity contribution in [1.29, 1.82) is 0 Å². The summed E-state index contributed by atoms with van der Waals surface area (Å²) >= 11 is 0. The van der Waals surface area contributed by atoms with Gasteiger partial charge in [0.25, 0.3) is 11.8 Å². The van der Waals surface area contributed by atoms with E-state index in [1.54, 1.807) is 24.3 Å². The van der Waals surface area contributed by atoms with Crippen LogP contribution in [0.15, 0.2) is 60.7 Å². The Morgan fingerprint density at radius 2 is 1.43 bits per heavy atom. The number of carbonyl (C=O) groups excluding carboxylic acids is 2. The molecule has 112 valence electrons. The first-order chi connectivity index (χ1) is 11.2. The van der Waals surface area contributed by atoms with E-state index in [4.69, 9.17) is 0 Å². The molecule has 0 unspecified atom stereocenters. The molecule has 1 aliphatic rings. The van der Waals surface area contributed by atoms with Crippen LogP contribution in [-0.2, 0) is 6.42 Å². The second kappa shape index (κ2) is 5.32. The number of rotatable bonds is 3. The number of imide groups is 1. The van der Waals surface area contributed by atoms with E-state index in [1.807, 2.05) is 36.4 Å². The van der Waals surface area contributed by atoms with Gasteiger partial charge in [-0.3, -0.25) is 19.5 Å². The van der Waals surface area contributed by atoms with E-state index in [9.17, 15) is 9.59 Å². The van der Waals surface area contributed by atoms with E-state index in [1.165, 1.54) is 4.90 Å². The van der Waals surface area contributed by atoms with Crippen LogP contribution in [0.3, 0.4) is 0 Å². The molecule has 0 saturated heterocycles. The van der Waals surface area contributed by atoms with Crippen LogP contribution in [0, 0.1) is 0 Å². The van der Waals surface area contributed by atoms with Gasteiger partial charge in [0.05, 0.1) is 16.6 Å². The minimum absolute atomic E-state index is 0.216. The smallest absolute Gasteiger partial charge is 0.261 e. The summed E-state index contributed by atoms with van der Waals surface area (Å²) < 4.78 is 0. The second-order valence-electron chi connectivity index (χ2n) is 5.55. The number of benzene rings is 2. The molecule has 2 heterocycles. The molecule has 4 rings (SSSR count). The van der Waals surface area contributed by atoms with Crippen LogP contribution in [0.1, 0.15) is 26.4 Å². The van der Waals surface area contributed by atoms with Crippen molar-refractivity contribution < 1.29 is 9.59 Å². The molecule has 0 spiro atoms. The highest BCUT2D eigenvalue weighted by atomic mass is 16.2. The van der Waals surface area contributed by atoms with Crippen molar-refractivity contribution in [2.45, 2.75) is 6.42 Å². The number of para-hydroxylation sites is 1. The Morgan fingerprint density at radius 3 is 2.17 bits per heavy atom. The zero-order valence-electron chi connectivity index (χ0n) is 12.4. The fraction of sp³-hybridized carbons (Fsp3) is 0.105. The number of amides is 2. The molecule has 0 fully saturated rings. The molecular formula is C19H14N2O2. The Morgan fingerprint density at radius 1 is 0.783 bits per heavy atom. The number of carbonyl (C=O) groups is 2. The quantitative estimate of drug-likeness (QED) is 0.699. The summed E-state index contributed by atoms with van der Waals surface area (Å²) in [4.78, 5) is 30.5. The minimum atomic E-state index is -0.216. The van der Waals surface area contributed by atoms with E-state index >= 15 is 0 Å². The highest BCUT2D eigenvalue weighted by Gasteiger charge is 2.34. The van der Waals surface area contributed by atoms with Crippen molar-refractivity contribution in [3.05, 3.63) is 77.5 Å². The second-order valence-corrected chi connectivity index (χ2v) is 5.55. The lowest BCUT2D eigenvalue weighted by atomic mass is 10.1. The van der Waals surface area contributed by atoms with Gasteiger partial charge in [0.15, 0.2) is 0 Å². The van der Waals surface area contributed by atoms with Gasteiger partial charge in [0.2, 0.25) is 0 Å². The van der Waals surface area contributed by atoms with Gasteiger partial charge in [-0.15, -0.1) is 0 Å². The Kier molecular flexibility index (Phi) is 3.15. The van der Waals surface area contributed by atoms with Gasteiger partial charge in [-0.05, 0) is 24.3 Å². The maximum Gasteiger partial charge on any atom is 0.261 e. The predicted octanol–water partition coefficient (Wildman–Crippen LogP) is 3.07. The van der Waals surface area contributed by atoms with Crippen molar-refractivity contribution in [3.63, 3.8) is 0 Å². The predicted molar refractivity (Wildman–Crippen MR) is 87.3 cm³/mol. The maximum atomic E-state index is 12.3. The lowest BCUT2D eigenvalue weighted by Gasteiger charge is -2.13. The highest BCUT2D eigenvalue weighted by Crippen LogP contribution is 2.22. The molecule has 1 aromatic heterocycles. The molecule has 0 saturated carbocycles. The van der Waals surface area contributed by atoms with Crippen LogP contribution < -0.4 is 0 Å². The Bertz CT molecular complexity index is 898. The highest BCUT2D eigenvalue weighted by molar-refractivity contribution is 6.21. The van der Waals surface area contributed by atoms with Crippen molar-refractivity contribution in [3.8, 4) is 0 Å². The van der Waals surface area contributed by atoms with E-state index in [0.29, 0.717) is 24.1 Å². The van der Waals surface area contributed by atoms with Crippen LogP contribution >= 0.6 is 0 Å². The Hall–Kier alpha value is -3.01. The van der Waals surface area contributed by atoms with Gasteiger partial charge in [-0.2, -0.15) is 0 Å². The Balaban J connectivity index is 1.55. The zero-order chi connectivity index (χ0) is 15.8. The van der Waals surface area contributed by atoms with Crippen LogP contribution in [0.4, 0.5) is 0 Å². The molecule has 4 nitrogen and oxygen atoms in total. The number of pyridine rings is 1. The number of hydrogen-bond donors (Lipinski definition) is 0. The molecule has 3 aromatic rings. The summed E-state index contributed by atoms with van der Waals surface area (Å²) in [6.07, 6.45) is 0.552. The molecule has 0 atom stereocenters. The molecule has 0 N–H and O–H groups in total. The Labute approximate surface area is 133 Å².